The Morgan fingerprint density at radius 1 is 0.971 bits per heavy atom. The normalized spacial score (nSPS) is 17.8. The van der Waals surface area contributed by atoms with Crippen molar-refractivity contribution in [3.05, 3.63) is 89.0 Å². The molecular weight excluding hydrogens is 428 g/mol. The predicted octanol–water partition coefficient (Wildman–Crippen LogP) is 3.07. The number of aromatic nitrogens is 2. The van der Waals surface area contributed by atoms with Gasteiger partial charge >= 0.3 is 0 Å². The van der Waals surface area contributed by atoms with Crippen molar-refractivity contribution < 1.29 is 14.3 Å². The molecule has 176 valence electrons. The van der Waals surface area contributed by atoms with Gasteiger partial charge in [0.2, 0.25) is 0 Å². The van der Waals surface area contributed by atoms with Crippen molar-refractivity contribution in [3.8, 4) is 5.75 Å². The number of hydrogen-bond acceptors (Lipinski definition) is 6. The summed E-state index contributed by atoms with van der Waals surface area (Å²) >= 11 is 0. The summed E-state index contributed by atoms with van der Waals surface area (Å²) in [5.41, 5.74) is 4.64. The van der Waals surface area contributed by atoms with Crippen LogP contribution < -0.4 is 4.74 Å². The molecule has 7 nitrogen and oxygen atoms in total. The first-order valence-corrected chi connectivity index (χ1v) is 11.7. The molecule has 2 aliphatic heterocycles. The Morgan fingerprint density at radius 2 is 1.62 bits per heavy atom. The van der Waals surface area contributed by atoms with E-state index in [9.17, 15) is 4.79 Å². The van der Waals surface area contributed by atoms with E-state index in [2.05, 4.69) is 65.2 Å². The van der Waals surface area contributed by atoms with Crippen molar-refractivity contribution in [1.82, 2.24) is 19.8 Å². The largest absolute Gasteiger partial charge is 0.487 e. The monoisotopic (exact) mass is 458 g/mol. The predicted molar refractivity (Wildman–Crippen MR) is 129 cm³/mol. The number of piperazine rings is 1. The number of likely N-dealkylation sites (N-methyl/N-ethyl adjacent to an activating group) is 1. The third-order valence-corrected chi connectivity index (χ3v) is 6.79. The molecule has 3 aromatic rings. The smallest absolute Gasteiger partial charge is 0.274 e. The number of nitrogens with zero attached hydrogens (tertiary/aromatic N) is 4. The van der Waals surface area contributed by atoms with Gasteiger partial charge in [0.15, 0.2) is 0 Å². The molecule has 0 aliphatic carbocycles. The lowest BCUT2D eigenvalue weighted by Crippen LogP contribution is -2.47. The molecule has 3 heterocycles. The highest BCUT2D eigenvalue weighted by molar-refractivity contribution is 5.92. The summed E-state index contributed by atoms with van der Waals surface area (Å²) in [4.78, 5) is 25.6. The lowest BCUT2D eigenvalue weighted by Gasteiger charge is -2.42. The Balaban J connectivity index is 1.23. The van der Waals surface area contributed by atoms with Crippen molar-refractivity contribution >= 4 is 5.91 Å². The quantitative estimate of drug-likeness (QED) is 0.566. The van der Waals surface area contributed by atoms with E-state index < -0.39 is 0 Å². The molecule has 0 N–H and O–H groups in total. The van der Waals surface area contributed by atoms with E-state index in [1.807, 2.05) is 17.0 Å². The Hall–Kier alpha value is -3.29. The van der Waals surface area contributed by atoms with Gasteiger partial charge in [0.1, 0.15) is 18.1 Å². The zero-order valence-corrected chi connectivity index (χ0v) is 19.7. The maximum absolute atomic E-state index is 12.8. The van der Waals surface area contributed by atoms with Crippen LogP contribution in [0.2, 0.25) is 0 Å². The van der Waals surface area contributed by atoms with Gasteiger partial charge in [-0.15, -0.1) is 0 Å². The fourth-order valence-electron chi connectivity index (χ4n) is 4.46. The molecule has 2 aromatic carbocycles. The number of hydrogen-bond donors (Lipinski definition) is 0. The van der Waals surface area contributed by atoms with Crippen LogP contribution in [-0.4, -0.2) is 72.1 Å². The first-order chi connectivity index (χ1) is 16.5. The van der Waals surface area contributed by atoms with Crippen LogP contribution in [0.15, 0.2) is 60.9 Å². The highest BCUT2D eigenvalue weighted by Crippen LogP contribution is 2.39. The minimum Gasteiger partial charge on any atom is -0.487 e. The van der Waals surface area contributed by atoms with E-state index in [1.54, 1.807) is 6.20 Å². The molecule has 1 amide bonds. The van der Waals surface area contributed by atoms with Gasteiger partial charge in [0.25, 0.3) is 5.91 Å². The fraction of sp³-hybridized carbons (Fsp3) is 0.370. The zero-order chi connectivity index (χ0) is 23.5. The van der Waals surface area contributed by atoms with Gasteiger partial charge in [-0.25, -0.2) is 4.98 Å². The highest BCUT2D eigenvalue weighted by atomic mass is 16.5. The number of rotatable bonds is 6. The maximum Gasteiger partial charge on any atom is 0.274 e. The molecule has 0 saturated carbocycles. The average molecular weight is 459 g/mol. The van der Waals surface area contributed by atoms with Crippen molar-refractivity contribution in [2.75, 3.05) is 46.4 Å². The van der Waals surface area contributed by atoms with Crippen LogP contribution in [0.4, 0.5) is 0 Å². The number of ether oxygens (including phenoxy) is 2. The molecule has 0 bridgehead atoms. The zero-order valence-electron chi connectivity index (χ0n) is 19.7. The van der Waals surface area contributed by atoms with Crippen LogP contribution in [0.3, 0.4) is 0 Å². The minimum absolute atomic E-state index is 0.0732. The summed E-state index contributed by atoms with van der Waals surface area (Å²) in [6.45, 7) is 6.87. The second-order valence-electron chi connectivity index (χ2n) is 9.25. The fourth-order valence-corrected chi connectivity index (χ4v) is 4.46. The van der Waals surface area contributed by atoms with Gasteiger partial charge < -0.3 is 19.3 Å². The molecule has 0 atom stereocenters. The minimum atomic E-state index is -0.102. The van der Waals surface area contributed by atoms with Crippen molar-refractivity contribution in [2.24, 2.45) is 0 Å². The molecule has 0 radical (unpaired) electrons. The maximum atomic E-state index is 12.8. The number of benzene rings is 2. The standard InChI is InChI=1S/C27H30N4O3/c1-20-3-5-21(6-4-20)27(18-33-19-27)22-7-9-24(10-8-22)34-17-23-15-28-16-25(29-23)26(32)31-13-11-30(2)12-14-31/h3-10,15-16H,11-14,17-19H2,1-2H3. The first-order valence-electron chi connectivity index (χ1n) is 11.7. The van der Waals surface area contributed by atoms with Crippen LogP contribution in [0.1, 0.15) is 32.9 Å². The Morgan fingerprint density at radius 3 is 2.24 bits per heavy atom. The van der Waals surface area contributed by atoms with E-state index in [0.29, 0.717) is 37.7 Å². The number of carbonyl (C=O) groups excluding carboxylic acids is 1. The van der Waals surface area contributed by atoms with Gasteiger partial charge in [-0.3, -0.25) is 9.78 Å². The van der Waals surface area contributed by atoms with Crippen LogP contribution in [0.5, 0.6) is 5.75 Å². The lowest BCUT2D eigenvalue weighted by molar-refractivity contribution is -0.0380. The third-order valence-electron chi connectivity index (χ3n) is 6.79. The first kappa shape index (κ1) is 22.5. The molecular formula is C27H30N4O3. The van der Waals surface area contributed by atoms with Crippen molar-refractivity contribution in [1.29, 1.82) is 0 Å². The van der Waals surface area contributed by atoms with Crippen molar-refractivity contribution in [3.63, 3.8) is 0 Å². The lowest BCUT2D eigenvalue weighted by atomic mass is 9.73. The molecule has 2 saturated heterocycles. The van der Waals surface area contributed by atoms with Crippen LogP contribution in [0, 0.1) is 6.92 Å². The molecule has 34 heavy (non-hydrogen) atoms. The van der Waals surface area contributed by atoms with Gasteiger partial charge in [-0.05, 0) is 37.2 Å². The summed E-state index contributed by atoms with van der Waals surface area (Å²) in [5.74, 6) is 0.677. The van der Waals surface area contributed by atoms with Crippen molar-refractivity contribution in [2.45, 2.75) is 18.9 Å². The molecule has 1 aromatic heterocycles. The molecule has 0 unspecified atom stereocenters. The highest BCUT2D eigenvalue weighted by Gasteiger charge is 2.41. The van der Waals surface area contributed by atoms with Crippen LogP contribution in [0.25, 0.3) is 0 Å². The topological polar surface area (TPSA) is 67.8 Å². The summed E-state index contributed by atoms with van der Waals surface area (Å²) in [5, 5.41) is 0. The number of carbonyl (C=O) groups is 1. The number of aryl methyl sites for hydroxylation is 1. The van der Waals surface area contributed by atoms with E-state index in [-0.39, 0.29) is 17.9 Å². The summed E-state index contributed by atoms with van der Waals surface area (Å²) in [7, 11) is 2.06. The summed E-state index contributed by atoms with van der Waals surface area (Å²) in [6, 6.07) is 16.9. The van der Waals surface area contributed by atoms with Gasteiger partial charge in [-0.2, -0.15) is 0 Å². The Labute approximate surface area is 200 Å². The second-order valence-corrected chi connectivity index (χ2v) is 9.25. The number of amides is 1. The summed E-state index contributed by atoms with van der Waals surface area (Å²) < 4.78 is 11.6. The molecule has 5 rings (SSSR count). The molecule has 7 heteroatoms. The van der Waals surface area contributed by atoms with Gasteiger partial charge in [-0.1, -0.05) is 42.0 Å². The van der Waals surface area contributed by atoms with Crippen LogP contribution >= 0.6 is 0 Å². The molecule has 0 spiro atoms. The van der Waals surface area contributed by atoms with Crippen LogP contribution in [-0.2, 0) is 16.8 Å². The molecule has 2 fully saturated rings. The van der Waals surface area contributed by atoms with E-state index in [0.717, 1.165) is 18.8 Å². The Bertz CT molecular complexity index is 1140. The average Bonchev–Trinajstić information content (AvgIpc) is 2.84. The second kappa shape index (κ2) is 9.52. The molecule has 2 aliphatic rings. The summed E-state index contributed by atoms with van der Waals surface area (Å²) in [6.07, 6.45) is 3.18. The van der Waals surface area contributed by atoms with Gasteiger partial charge in [0, 0.05) is 26.2 Å². The van der Waals surface area contributed by atoms with Gasteiger partial charge in [0.05, 0.1) is 36.7 Å². The SMILES string of the molecule is Cc1ccc(C2(c3ccc(OCc4cncc(C(=O)N5CCN(C)CC5)n4)cc3)COC2)cc1. The third kappa shape index (κ3) is 4.54. The Kier molecular flexibility index (Phi) is 6.30. The van der Waals surface area contributed by atoms with E-state index in [1.165, 1.54) is 22.9 Å². The van der Waals surface area contributed by atoms with E-state index in [4.69, 9.17) is 9.47 Å². The van der Waals surface area contributed by atoms with E-state index >= 15 is 0 Å².